The van der Waals surface area contributed by atoms with Gasteiger partial charge in [0.1, 0.15) is 11.4 Å². The highest BCUT2D eigenvalue weighted by atomic mass is 35.5. The summed E-state index contributed by atoms with van der Waals surface area (Å²) >= 11 is 5.94. The van der Waals surface area contributed by atoms with Gasteiger partial charge in [0.05, 0.1) is 5.02 Å². The Kier molecular flexibility index (Phi) is 6.85. The second kappa shape index (κ2) is 9.54. The van der Waals surface area contributed by atoms with Crippen LogP contribution in [0.15, 0.2) is 48.9 Å². The lowest BCUT2D eigenvalue weighted by molar-refractivity contribution is 0.235. The van der Waals surface area contributed by atoms with E-state index in [0.29, 0.717) is 17.8 Å². The summed E-state index contributed by atoms with van der Waals surface area (Å²) in [5.41, 5.74) is 2.86. The summed E-state index contributed by atoms with van der Waals surface area (Å²) in [6.07, 6.45) is 5.04. The van der Waals surface area contributed by atoms with Gasteiger partial charge < -0.3 is 15.3 Å². The van der Waals surface area contributed by atoms with Crippen LogP contribution < -0.4 is 5.32 Å². The summed E-state index contributed by atoms with van der Waals surface area (Å²) in [5.74, 6) is -0.0388. The van der Waals surface area contributed by atoms with Crippen LogP contribution in [0.5, 0.6) is 5.75 Å². The minimum Gasteiger partial charge on any atom is -0.506 e. The van der Waals surface area contributed by atoms with Crippen LogP contribution in [-0.4, -0.2) is 57.0 Å². The second-order valence-corrected chi connectivity index (χ2v) is 6.90. The van der Waals surface area contributed by atoms with E-state index in [1.165, 1.54) is 10.7 Å². The lowest BCUT2D eigenvalue weighted by atomic mass is 10.0. The van der Waals surface area contributed by atoms with E-state index in [2.05, 4.69) is 34.1 Å². The normalized spacial score (nSPS) is 11.0. The number of likely N-dealkylation sites (N-methyl/N-ethyl adjacent to an activating group) is 1. The molecule has 0 saturated heterocycles. The molecule has 2 aromatic heterocycles. The van der Waals surface area contributed by atoms with E-state index < -0.39 is 0 Å². The highest BCUT2D eigenvalue weighted by Crippen LogP contribution is 2.34. The Bertz CT molecular complexity index is 970. The minimum absolute atomic E-state index is 0.0388. The van der Waals surface area contributed by atoms with Gasteiger partial charge in [-0.2, -0.15) is 9.78 Å². The van der Waals surface area contributed by atoms with Gasteiger partial charge >= 0.3 is 6.03 Å². The van der Waals surface area contributed by atoms with Crippen LogP contribution in [-0.2, 0) is 0 Å². The first-order valence-electron chi connectivity index (χ1n) is 9.53. The molecule has 29 heavy (non-hydrogen) atoms. The molecule has 0 saturated carbocycles. The van der Waals surface area contributed by atoms with Gasteiger partial charge in [0, 0.05) is 42.8 Å². The Hall–Kier alpha value is -2.90. The molecule has 0 atom stereocenters. The number of hydrogen-bond acceptors (Lipinski definition) is 5. The quantitative estimate of drug-likeness (QED) is 0.614. The smallest absolute Gasteiger partial charge is 0.342 e. The number of carbonyl (C=O) groups is 1. The van der Waals surface area contributed by atoms with Gasteiger partial charge in [-0.15, -0.1) is 0 Å². The number of halogens is 1. The first-order valence-corrected chi connectivity index (χ1v) is 9.90. The zero-order chi connectivity index (χ0) is 20.8. The maximum atomic E-state index is 12.6. The van der Waals surface area contributed by atoms with Crippen molar-refractivity contribution < 1.29 is 9.90 Å². The molecule has 152 valence electrons. The lowest BCUT2D eigenvalue weighted by Gasteiger charge is -2.17. The fraction of sp³-hybridized carbons (Fsp3) is 0.286. The molecule has 0 aliphatic rings. The predicted molar refractivity (Wildman–Crippen MR) is 114 cm³/mol. The lowest BCUT2D eigenvalue weighted by Crippen LogP contribution is -2.36. The summed E-state index contributed by atoms with van der Waals surface area (Å²) in [6.45, 7) is 7.35. The molecule has 2 heterocycles. The Balaban J connectivity index is 1.90. The van der Waals surface area contributed by atoms with Crippen molar-refractivity contribution in [2.75, 3.05) is 26.2 Å². The minimum atomic E-state index is -0.308. The molecule has 1 aromatic carbocycles. The van der Waals surface area contributed by atoms with Crippen molar-refractivity contribution in [2.24, 2.45) is 0 Å². The zero-order valence-corrected chi connectivity index (χ0v) is 17.2. The first-order chi connectivity index (χ1) is 14.0. The molecule has 0 fully saturated rings. The summed E-state index contributed by atoms with van der Waals surface area (Å²) < 4.78 is 1.29. The van der Waals surface area contributed by atoms with Crippen LogP contribution in [0.25, 0.3) is 22.4 Å². The Morgan fingerprint density at radius 1 is 1.17 bits per heavy atom. The number of amides is 1. The number of pyridine rings is 1. The summed E-state index contributed by atoms with van der Waals surface area (Å²) in [7, 11) is 0. The molecule has 1 amide bonds. The third kappa shape index (κ3) is 4.93. The van der Waals surface area contributed by atoms with Crippen molar-refractivity contribution >= 4 is 17.6 Å². The number of aromatic hydroxyl groups is 1. The van der Waals surface area contributed by atoms with E-state index in [-0.39, 0.29) is 16.8 Å². The summed E-state index contributed by atoms with van der Waals surface area (Å²) in [4.78, 5) is 18.9. The van der Waals surface area contributed by atoms with Crippen molar-refractivity contribution in [1.29, 1.82) is 0 Å². The van der Waals surface area contributed by atoms with E-state index in [1.54, 1.807) is 30.7 Å². The Labute approximate surface area is 174 Å². The van der Waals surface area contributed by atoms with Crippen LogP contribution in [0.1, 0.15) is 13.8 Å². The molecule has 2 N–H and O–H groups in total. The SMILES string of the molecule is CCN(CC)CCNC(=O)n1cc(-c2ccncc2)c(-c2ccc(Cl)c(O)c2)n1. The van der Waals surface area contributed by atoms with E-state index in [1.807, 2.05) is 12.1 Å². The number of nitrogens with one attached hydrogen (secondary N) is 1. The molecular formula is C21H24ClN5O2. The van der Waals surface area contributed by atoms with Crippen molar-refractivity contribution in [3.05, 3.63) is 53.9 Å². The van der Waals surface area contributed by atoms with Crippen molar-refractivity contribution in [3.8, 4) is 28.1 Å². The zero-order valence-electron chi connectivity index (χ0n) is 16.5. The van der Waals surface area contributed by atoms with Crippen LogP contribution in [0.3, 0.4) is 0 Å². The molecule has 0 radical (unpaired) electrons. The highest BCUT2D eigenvalue weighted by molar-refractivity contribution is 6.32. The number of nitrogens with zero attached hydrogens (tertiary/aromatic N) is 4. The van der Waals surface area contributed by atoms with E-state index in [4.69, 9.17) is 11.6 Å². The van der Waals surface area contributed by atoms with Crippen molar-refractivity contribution in [3.63, 3.8) is 0 Å². The van der Waals surface area contributed by atoms with Gasteiger partial charge in [-0.1, -0.05) is 31.5 Å². The third-order valence-electron chi connectivity index (χ3n) is 4.73. The summed E-state index contributed by atoms with van der Waals surface area (Å²) in [5, 5.41) is 17.6. The Morgan fingerprint density at radius 3 is 2.55 bits per heavy atom. The van der Waals surface area contributed by atoms with Gasteiger partial charge in [0.15, 0.2) is 0 Å². The molecule has 0 bridgehead atoms. The van der Waals surface area contributed by atoms with Gasteiger partial charge in [-0.25, -0.2) is 4.79 Å². The van der Waals surface area contributed by atoms with Crippen molar-refractivity contribution in [1.82, 2.24) is 25.0 Å². The topological polar surface area (TPSA) is 83.3 Å². The predicted octanol–water partition coefficient (Wildman–Crippen LogP) is 3.87. The number of rotatable bonds is 7. The van der Waals surface area contributed by atoms with Gasteiger partial charge in [0.2, 0.25) is 0 Å². The molecule has 0 unspecified atom stereocenters. The van der Waals surface area contributed by atoms with Gasteiger partial charge in [-0.05, 0) is 42.9 Å². The summed E-state index contributed by atoms with van der Waals surface area (Å²) in [6, 6.07) is 8.29. The second-order valence-electron chi connectivity index (χ2n) is 6.50. The van der Waals surface area contributed by atoms with Crippen LogP contribution in [0.2, 0.25) is 5.02 Å². The molecule has 3 rings (SSSR count). The molecule has 7 nitrogen and oxygen atoms in total. The van der Waals surface area contributed by atoms with Crippen LogP contribution in [0, 0.1) is 0 Å². The first kappa shape index (κ1) is 20.8. The number of hydrogen-bond donors (Lipinski definition) is 2. The fourth-order valence-electron chi connectivity index (χ4n) is 3.04. The fourth-order valence-corrected chi connectivity index (χ4v) is 3.15. The average molecular weight is 414 g/mol. The maximum absolute atomic E-state index is 12.6. The largest absolute Gasteiger partial charge is 0.506 e. The monoisotopic (exact) mass is 413 g/mol. The molecule has 8 heteroatoms. The number of phenols is 1. The van der Waals surface area contributed by atoms with Crippen molar-refractivity contribution in [2.45, 2.75) is 13.8 Å². The number of carbonyl (C=O) groups excluding carboxylic acids is 1. The number of aromatic nitrogens is 3. The van der Waals surface area contributed by atoms with E-state index >= 15 is 0 Å². The third-order valence-corrected chi connectivity index (χ3v) is 5.05. The highest BCUT2D eigenvalue weighted by Gasteiger charge is 2.17. The van der Waals surface area contributed by atoms with E-state index in [0.717, 1.165) is 30.8 Å². The average Bonchev–Trinajstić information content (AvgIpc) is 3.19. The maximum Gasteiger partial charge on any atom is 0.342 e. The molecule has 0 aliphatic carbocycles. The molecule has 0 spiro atoms. The van der Waals surface area contributed by atoms with Gasteiger partial charge in [-0.3, -0.25) is 4.98 Å². The molecule has 0 aliphatic heterocycles. The van der Waals surface area contributed by atoms with E-state index in [9.17, 15) is 9.90 Å². The van der Waals surface area contributed by atoms with Crippen LogP contribution in [0.4, 0.5) is 4.79 Å². The Morgan fingerprint density at radius 2 is 1.90 bits per heavy atom. The number of phenolic OH excluding ortho intramolecular Hbond substituents is 1. The van der Waals surface area contributed by atoms with Crippen LogP contribution >= 0.6 is 11.6 Å². The number of benzene rings is 1. The standard InChI is InChI=1S/C21H24ClN5O2/c1-3-26(4-2)12-11-24-21(29)27-14-17(15-7-9-23-10-8-15)20(25-27)16-5-6-18(22)19(28)13-16/h5-10,13-14,28H,3-4,11-12H2,1-2H3,(H,24,29). The van der Waals surface area contributed by atoms with Gasteiger partial charge in [0.25, 0.3) is 0 Å². The molecule has 3 aromatic rings. The molecular weight excluding hydrogens is 390 g/mol.